The molecule has 0 saturated heterocycles. The molecule has 1 aromatic rings. The Labute approximate surface area is 105 Å². The first-order valence-corrected chi connectivity index (χ1v) is 6.25. The lowest BCUT2D eigenvalue weighted by atomic mass is 10.1. The van der Waals surface area contributed by atoms with Crippen LogP contribution in [0.2, 0.25) is 0 Å². The summed E-state index contributed by atoms with van der Waals surface area (Å²) in [6.45, 7) is 7.35. The lowest BCUT2D eigenvalue weighted by Crippen LogP contribution is -2.08. The maximum absolute atomic E-state index is 5.81. The Morgan fingerprint density at radius 1 is 1.38 bits per heavy atom. The predicted octanol–water partition coefficient (Wildman–Crippen LogP) is 2.87. The molecule has 0 aromatic carbocycles. The molecule has 0 spiro atoms. The molecule has 1 aromatic heterocycles. The van der Waals surface area contributed by atoms with Crippen LogP contribution in [0, 0.1) is 0 Å². The fourth-order valence-electron chi connectivity index (χ4n) is 1.29. The minimum atomic E-state index is 0.310. The van der Waals surface area contributed by atoms with Gasteiger partial charge in [0.25, 0.3) is 0 Å². The average molecular weight is 288 g/mol. The fraction of sp³-hybridized carbons (Fsp3) is 0.636. The molecule has 0 aliphatic heterocycles. The summed E-state index contributed by atoms with van der Waals surface area (Å²) in [4.78, 5) is 8.62. The van der Waals surface area contributed by atoms with Crippen LogP contribution < -0.4 is 5.73 Å². The van der Waals surface area contributed by atoms with E-state index in [1.165, 1.54) is 0 Å². The number of anilines is 1. The van der Waals surface area contributed by atoms with Crippen LogP contribution in [-0.2, 0) is 11.3 Å². The average Bonchev–Trinajstić information content (AvgIpc) is 2.23. The molecule has 0 aliphatic carbocycles. The lowest BCUT2D eigenvalue weighted by Gasteiger charge is -2.11. The fourth-order valence-corrected chi connectivity index (χ4v) is 1.92. The van der Waals surface area contributed by atoms with Crippen molar-refractivity contribution in [2.75, 3.05) is 12.3 Å². The van der Waals surface area contributed by atoms with Gasteiger partial charge in [-0.3, -0.25) is 0 Å². The van der Waals surface area contributed by atoms with E-state index in [-0.39, 0.29) is 0 Å². The van der Waals surface area contributed by atoms with E-state index in [2.05, 4.69) is 46.7 Å². The van der Waals surface area contributed by atoms with Gasteiger partial charge < -0.3 is 10.5 Å². The van der Waals surface area contributed by atoms with Crippen molar-refractivity contribution in [3.63, 3.8) is 0 Å². The summed E-state index contributed by atoms with van der Waals surface area (Å²) < 4.78 is 6.20. The number of nitrogens with zero attached hydrogens (tertiary/aromatic N) is 2. The molecule has 0 radical (unpaired) electrons. The van der Waals surface area contributed by atoms with Crippen molar-refractivity contribution < 1.29 is 4.74 Å². The Hall–Kier alpha value is -0.680. The largest absolute Gasteiger partial charge is 0.383 e. The van der Waals surface area contributed by atoms with Crippen molar-refractivity contribution in [1.29, 1.82) is 0 Å². The molecule has 0 fully saturated rings. The van der Waals surface area contributed by atoms with Gasteiger partial charge >= 0.3 is 0 Å². The molecule has 0 bridgehead atoms. The van der Waals surface area contributed by atoms with Crippen LogP contribution in [0.5, 0.6) is 0 Å². The van der Waals surface area contributed by atoms with Gasteiger partial charge in [0, 0.05) is 6.61 Å². The maximum atomic E-state index is 5.81. The Kier molecular flexibility index (Phi) is 5.15. The van der Waals surface area contributed by atoms with Crippen LogP contribution in [-0.4, -0.2) is 16.6 Å². The summed E-state index contributed by atoms with van der Waals surface area (Å²) in [5.41, 5.74) is 6.74. The highest BCUT2D eigenvalue weighted by molar-refractivity contribution is 9.10. The van der Waals surface area contributed by atoms with Crippen LogP contribution in [0.1, 0.15) is 44.6 Å². The molecule has 1 heterocycles. The zero-order valence-electron chi connectivity index (χ0n) is 9.96. The molecule has 0 unspecified atom stereocenters. The quantitative estimate of drug-likeness (QED) is 0.846. The Morgan fingerprint density at radius 2 is 2.06 bits per heavy atom. The topological polar surface area (TPSA) is 61.0 Å². The molecule has 0 amide bonds. The highest BCUT2D eigenvalue weighted by Gasteiger charge is 2.12. The molecular formula is C11H18BrN3O. The van der Waals surface area contributed by atoms with Crippen molar-refractivity contribution in [2.45, 2.75) is 39.7 Å². The normalized spacial score (nSPS) is 11.1. The molecule has 0 saturated carbocycles. The van der Waals surface area contributed by atoms with Gasteiger partial charge in [0.1, 0.15) is 12.4 Å². The van der Waals surface area contributed by atoms with Gasteiger partial charge in [-0.05, 0) is 28.3 Å². The minimum Gasteiger partial charge on any atom is -0.383 e. The number of nitrogens with two attached hydrogens (primary N) is 1. The standard InChI is InChI=1S/C11H18BrN3O/c1-4-5-16-6-8-14-10(7(2)3)9(12)11(13)15-8/h7H,4-6H2,1-3H3,(H2,13,14,15). The molecular weight excluding hydrogens is 270 g/mol. The molecule has 2 N–H and O–H groups in total. The van der Waals surface area contributed by atoms with E-state index < -0.39 is 0 Å². The van der Waals surface area contributed by atoms with Gasteiger partial charge in [-0.2, -0.15) is 0 Å². The van der Waals surface area contributed by atoms with Crippen LogP contribution in [0.25, 0.3) is 0 Å². The molecule has 90 valence electrons. The monoisotopic (exact) mass is 287 g/mol. The van der Waals surface area contributed by atoms with Gasteiger partial charge in [-0.15, -0.1) is 0 Å². The number of aromatic nitrogens is 2. The number of ether oxygens (including phenoxy) is 1. The van der Waals surface area contributed by atoms with Crippen molar-refractivity contribution in [3.8, 4) is 0 Å². The second-order valence-corrected chi connectivity index (χ2v) is 4.72. The number of hydrogen-bond donors (Lipinski definition) is 1. The van der Waals surface area contributed by atoms with E-state index in [1.807, 2.05) is 0 Å². The lowest BCUT2D eigenvalue weighted by molar-refractivity contribution is 0.116. The number of nitrogen functional groups attached to an aromatic ring is 1. The number of halogens is 1. The van der Waals surface area contributed by atoms with Crippen LogP contribution >= 0.6 is 15.9 Å². The summed E-state index contributed by atoms with van der Waals surface area (Å²) in [6.07, 6.45) is 0.989. The van der Waals surface area contributed by atoms with Crippen LogP contribution in [0.15, 0.2) is 4.47 Å². The first-order valence-electron chi connectivity index (χ1n) is 5.45. The predicted molar refractivity (Wildman–Crippen MR) is 68.2 cm³/mol. The van der Waals surface area contributed by atoms with Crippen molar-refractivity contribution in [3.05, 3.63) is 16.0 Å². The Balaban J connectivity index is 2.86. The van der Waals surface area contributed by atoms with Crippen molar-refractivity contribution >= 4 is 21.7 Å². The first-order chi connectivity index (χ1) is 7.56. The van der Waals surface area contributed by atoms with Gasteiger partial charge in [0.2, 0.25) is 0 Å². The van der Waals surface area contributed by atoms with E-state index in [1.54, 1.807) is 0 Å². The highest BCUT2D eigenvalue weighted by atomic mass is 79.9. The summed E-state index contributed by atoms with van der Waals surface area (Å²) in [7, 11) is 0. The van der Waals surface area contributed by atoms with Gasteiger partial charge in [-0.1, -0.05) is 20.8 Å². The SMILES string of the molecule is CCCOCc1nc(N)c(Br)c(C(C)C)n1. The molecule has 16 heavy (non-hydrogen) atoms. The third-order valence-electron chi connectivity index (χ3n) is 2.08. The summed E-state index contributed by atoms with van der Waals surface area (Å²) in [5.74, 6) is 1.44. The van der Waals surface area contributed by atoms with Crippen LogP contribution in [0.3, 0.4) is 0 Å². The van der Waals surface area contributed by atoms with Crippen molar-refractivity contribution in [2.24, 2.45) is 0 Å². The molecule has 5 heteroatoms. The number of rotatable bonds is 5. The van der Waals surface area contributed by atoms with E-state index in [4.69, 9.17) is 10.5 Å². The van der Waals surface area contributed by atoms with E-state index in [9.17, 15) is 0 Å². The zero-order valence-corrected chi connectivity index (χ0v) is 11.5. The van der Waals surface area contributed by atoms with E-state index >= 15 is 0 Å². The Morgan fingerprint density at radius 3 is 2.62 bits per heavy atom. The Bertz CT molecular complexity index is 355. The minimum absolute atomic E-state index is 0.310. The zero-order chi connectivity index (χ0) is 12.1. The highest BCUT2D eigenvalue weighted by Crippen LogP contribution is 2.26. The summed E-state index contributed by atoms with van der Waals surface area (Å²) in [6, 6.07) is 0. The van der Waals surface area contributed by atoms with Gasteiger partial charge in [0.15, 0.2) is 5.82 Å². The van der Waals surface area contributed by atoms with Crippen LogP contribution in [0.4, 0.5) is 5.82 Å². The number of hydrogen-bond acceptors (Lipinski definition) is 4. The van der Waals surface area contributed by atoms with Gasteiger partial charge in [-0.25, -0.2) is 9.97 Å². The molecule has 0 atom stereocenters. The third kappa shape index (κ3) is 3.42. The summed E-state index contributed by atoms with van der Waals surface area (Å²) in [5, 5.41) is 0. The first kappa shape index (κ1) is 13.4. The molecule has 4 nitrogen and oxygen atoms in total. The molecule has 1 rings (SSSR count). The summed E-state index contributed by atoms with van der Waals surface area (Å²) >= 11 is 3.41. The van der Waals surface area contributed by atoms with Gasteiger partial charge in [0.05, 0.1) is 10.2 Å². The van der Waals surface area contributed by atoms with E-state index in [0.717, 1.165) is 23.2 Å². The smallest absolute Gasteiger partial charge is 0.156 e. The molecule has 0 aliphatic rings. The maximum Gasteiger partial charge on any atom is 0.156 e. The van der Waals surface area contributed by atoms with Crippen molar-refractivity contribution in [1.82, 2.24) is 9.97 Å². The third-order valence-corrected chi connectivity index (χ3v) is 2.89. The second kappa shape index (κ2) is 6.15. The van der Waals surface area contributed by atoms with E-state index in [0.29, 0.717) is 24.2 Å². The second-order valence-electron chi connectivity index (χ2n) is 3.93.